The van der Waals surface area contributed by atoms with Crippen molar-refractivity contribution in [1.82, 2.24) is 5.32 Å². The van der Waals surface area contributed by atoms with E-state index in [1.165, 1.54) is 5.56 Å². The summed E-state index contributed by atoms with van der Waals surface area (Å²) in [5.41, 5.74) is 3.49. The maximum atomic E-state index is 12.6. The van der Waals surface area contributed by atoms with Gasteiger partial charge in [-0.25, -0.2) is 0 Å². The molecule has 1 aromatic carbocycles. The topological polar surface area (TPSA) is 66.4 Å². The number of allylic oxidation sites excluding steroid dienone is 2. The van der Waals surface area contributed by atoms with Crippen LogP contribution < -0.4 is 5.32 Å². The van der Waals surface area contributed by atoms with Gasteiger partial charge in [-0.3, -0.25) is 9.59 Å². The predicted molar refractivity (Wildman–Crippen MR) is 94.6 cm³/mol. The van der Waals surface area contributed by atoms with Crippen molar-refractivity contribution in [2.24, 2.45) is 11.8 Å². The summed E-state index contributed by atoms with van der Waals surface area (Å²) in [6.45, 7) is 5.93. The van der Waals surface area contributed by atoms with Crippen molar-refractivity contribution < 1.29 is 14.7 Å². The number of aryl methyl sites for hydroxylation is 1. The summed E-state index contributed by atoms with van der Waals surface area (Å²) < 4.78 is 0. The Morgan fingerprint density at radius 1 is 1.12 bits per heavy atom. The van der Waals surface area contributed by atoms with E-state index in [0.29, 0.717) is 12.8 Å². The Balaban J connectivity index is 1.93. The van der Waals surface area contributed by atoms with E-state index in [2.05, 4.69) is 17.4 Å². The molecule has 0 aliphatic heterocycles. The highest BCUT2D eigenvalue weighted by Gasteiger charge is 2.37. The number of carbonyl (C=O) groups excluding carboxylic acids is 1. The molecule has 0 radical (unpaired) electrons. The van der Waals surface area contributed by atoms with E-state index in [-0.39, 0.29) is 11.9 Å². The van der Waals surface area contributed by atoms with Crippen molar-refractivity contribution >= 4 is 11.9 Å². The first kappa shape index (κ1) is 18.2. The third-order valence-corrected chi connectivity index (χ3v) is 5.02. The zero-order valence-corrected chi connectivity index (χ0v) is 14.7. The van der Waals surface area contributed by atoms with Crippen molar-refractivity contribution in [3.05, 3.63) is 47.0 Å². The van der Waals surface area contributed by atoms with Crippen LogP contribution in [0.15, 0.2) is 41.5 Å². The number of aliphatic carboxylic acids is 1. The summed E-state index contributed by atoms with van der Waals surface area (Å²) in [6, 6.07) is 10.2. The van der Waals surface area contributed by atoms with E-state index in [4.69, 9.17) is 0 Å². The average Bonchev–Trinajstić information content (AvgIpc) is 2.55. The fourth-order valence-corrected chi connectivity index (χ4v) is 3.28. The molecule has 1 amide bonds. The molecular weight excluding hydrogens is 302 g/mol. The van der Waals surface area contributed by atoms with Gasteiger partial charge in [0.2, 0.25) is 5.91 Å². The molecule has 0 fully saturated rings. The summed E-state index contributed by atoms with van der Waals surface area (Å²) in [7, 11) is 0. The standard InChI is InChI=1S/C20H27NO3/c1-13-11-17(18(20(23)24)12-14(13)2)19(22)21-15(3)9-10-16-7-5-4-6-8-16/h4-8,15,17-18H,9-12H2,1-3H3,(H,21,22)(H,23,24)/t15-,17-,18+/m0/s1. The van der Waals surface area contributed by atoms with Crippen LogP contribution >= 0.6 is 0 Å². The largest absolute Gasteiger partial charge is 0.481 e. The van der Waals surface area contributed by atoms with Gasteiger partial charge in [-0.15, -0.1) is 0 Å². The highest BCUT2D eigenvalue weighted by atomic mass is 16.4. The molecule has 2 rings (SSSR count). The van der Waals surface area contributed by atoms with E-state index >= 15 is 0 Å². The number of nitrogens with one attached hydrogen (secondary N) is 1. The molecule has 4 nitrogen and oxygen atoms in total. The molecule has 0 bridgehead atoms. The van der Waals surface area contributed by atoms with E-state index in [1.807, 2.05) is 39.0 Å². The van der Waals surface area contributed by atoms with Gasteiger partial charge in [-0.05, 0) is 52.0 Å². The van der Waals surface area contributed by atoms with Crippen LogP contribution in [0, 0.1) is 11.8 Å². The van der Waals surface area contributed by atoms with Gasteiger partial charge in [0.1, 0.15) is 0 Å². The molecule has 24 heavy (non-hydrogen) atoms. The van der Waals surface area contributed by atoms with Crippen LogP contribution in [0.5, 0.6) is 0 Å². The van der Waals surface area contributed by atoms with Gasteiger partial charge < -0.3 is 10.4 Å². The van der Waals surface area contributed by atoms with Gasteiger partial charge in [-0.1, -0.05) is 41.5 Å². The zero-order valence-electron chi connectivity index (χ0n) is 14.7. The van der Waals surface area contributed by atoms with Gasteiger partial charge in [0.05, 0.1) is 11.8 Å². The van der Waals surface area contributed by atoms with Gasteiger partial charge >= 0.3 is 5.97 Å². The number of rotatable bonds is 6. The minimum Gasteiger partial charge on any atom is -0.481 e. The number of carboxylic acid groups (broad SMARTS) is 1. The highest BCUT2D eigenvalue weighted by molar-refractivity contribution is 5.85. The van der Waals surface area contributed by atoms with Crippen molar-refractivity contribution in [1.29, 1.82) is 0 Å². The third kappa shape index (κ3) is 4.70. The quantitative estimate of drug-likeness (QED) is 0.784. The van der Waals surface area contributed by atoms with E-state index in [9.17, 15) is 14.7 Å². The molecule has 0 unspecified atom stereocenters. The lowest BCUT2D eigenvalue weighted by molar-refractivity contribution is -0.147. The first-order valence-electron chi connectivity index (χ1n) is 8.60. The van der Waals surface area contributed by atoms with Crippen LogP contribution in [0.3, 0.4) is 0 Å². The smallest absolute Gasteiger partial charge is 0.307 e. The molecule has 0 aromatic heterocycles. The molecule has 130 valence electrons. The van der Waals surface area contributed by atoms with Crippen molar-refractivity contribution in [3.8, 4) is 0 Å². The maximum absolute atomic E-state index is 12.6. The molecule has 0 saturated carbocycles. The molecule has 3 atom stereocenters. The minimum absolute atomic E-state index is 0.0273. The summed E-state index contributed by atoms with van der Waals surface area (Å²) in [4.78, 5) is 24.1. The van der Waals surface area contributed by atoms with E-state index in [0.717, 1.165) is 24.0 Å². The van der Waals surface area contributed by atoms with Crippen LogP contribution in [0.1, 0.15) is 45.6 Å². The molecular formula is C20H27NO3. The monoisotopic (exact) mass is 329 g/mol. The predicted octanol–water partition coefficient (Wildman–Crippen LogP) is 3.57. The third-order valence-electron chi connectivity index (χ3n) is 5.02. The van der Waals surface area contributed by atoms with Crippen LogP contribution in [0.4, 0.5) is 0 Å². The Bertz CT molecular complexity index is 621. The number of benzene rings is 1. The lowest BCUT2D eigenvalue weighted by atomic mass is 9.76. The Morgan fingerprint density at radius 3 is 2.29 bits per heavy atom. The van der Waals surface area contributed by atoms with Crippen LogP contribution in [0.25, 0.3) is 0 Å². The number of hydrogen-bond donors (Lipinski definition) is 2. The zero-order chi connectivity index (χ0) is 17.7. The molecule has 2 N–H and O–H groups in total. The van der Waals surface area contributed by atoms with E-state index in [1.54, 1.807) is 0 Å². The Morgan fingerprint density at radius 2 is 1.71 bits per heavy atom. The first-order valence-corrected chi connectivity index (χ1v) is 8.60. The molecule has 0 spiro atoms. The molecule has 1 aliphatic carbocycles. The average molecular weight is 329 g/mol. The summed E-state index contributed by atoms with van der Waals surface area (Å²) in [5.74, 6) is -2.09. The van der Waals surface area contributed by atoms with Gasteiger partial charge in [0.25, 0.3) is 0 Å². The van der Waals surface area contributed by atoms with Gasteiger partial charge in [0.15, 0.2) is 0 Å². The normalized spacial score (nSPS) is 22.1. The second-order valence-electron chi connectivity index (χ2n) is 6.95. The Kier molecular flexibility index (Phi) is 6.18. The highest BCUT2D eigenvalue weighted by Crippen LogP contribution is 2.34. The fourth-order valence-electron chi connectivity index (χ4n) is 3.28. The second kappa shape index (κ2) is 8.13. The number of carboxylic acids is 1. The van der Waals surface area contributed by atoms with Crippen molar-refractivity contribution in [2.45, 2.75) is 52.5 Å². The Hall–Kier alpha value is -2.10. The number of hydrogen-bond acceptors (Lipinski definition) is 2. The van der Waals surface area contributed by atoms with Crippen LogP contribution in [-0.2, 0) is 16.0 Å². The van der Waals surface area contributed by atoms with Crippen LogP contribution in [-0.4, -0.2) is 23.0 Å². The molecule has 0 saturated heterocycles. The lowest BCUT2D eigenvalue weighted by Crippen LogP contribution is -2.43. The fraction of sp³-hybridized carbons (Fsp3) is 0.500. The minimum atomic E-state index is -0.876. The molecule has 0 heterocycles. The van der Waals surface area contributed by atoms with Gasteiger partial charge in [0, 0.05) is 6.04 Å². The summed E-state index contributed by atoms with van der Waals surface area (Å²) in [5, 5.41) is 12.5. The number of carbonyl (C=O) groups is 2. The van der Waals surface area contributed by atoms with Crippen LogP contribution in [0.2, 0.25) is 0 Å². The molecule has 4 heteroatoms. The second-order valence-corrected chi connectivity index (χ2v) is 6.95. The van der Waals surface area contributed by atoms with Gasteiger partial charge in [-0.2, -0.15) is 0 Å². The molecule has 1 aromatic rings. The maximum Gasteiger partial charge on any atom is 0.307 e. The van der Waals surface area contributed by atoms with Crippen molar-refractivity contribution in [2.75, 3.05) is 0 Å². The number of amides is 1. The first-order chi connectivity index (χ1) is 11.4. The molecule has 1 aliphatic rings. The van der Waals surface area contributed by atoms with E-state index < -0.39 is 17.8 Å². The van der Waals surface area contributed by atoms with Crippen molar-refractivity contribution in [3.63, 3.8) is 0 Å². The lowest BCUT2D eigenvalue weighted by Gasteiger charge is -2.30. The summed E-state index contributed by atoms with van der Waals surface area (Å²) in [6.07, 6.45) is 2.75. The summed E-state index contributed by atoms with van der Waals surface area (Å²) >= 11 is 0. The Labute approximate surface area is 144 Å². The SMILES string of the molecule is CC1=C(C)C[C@@H](C(=O)O)[C@@H](C(=O)N[C@@H](C)CCc2ccccc2)C1.